The Labute approximate surface area is 142 Å². The smallest absolute Gasteiger partial charge is 0.226 e. The maximum Gasteiger partial charge on any atom is 0.226 e. The summed E-state index contributed by atoms with van der Waals surface area (Å²) >= 11 is 7.39. The molecule has 1 aliphatic heterocycles. The summed E-state index contributed by atoms with van der Waals surface area (Å²) in [5, 5.41) is 3.77. The van der Waals surface area contributed by atoms with Crippen molar-refractivity contribution in [2.24, 2.45) is 0 Å². The van der Waals surface area contributed by atoms with Crippen LogP contribution in [-0.2, 0) is 14.6 Å². The third-order valence-electron chi connectivity index (χ3n) is 3.27. The van der Waals surface area contributed by atoms with Crippen LogP contribution in [0.4, 0.5) is 10.9 Å². The van der Waals surface area contributed by atoms with Crippen molar-refractivity contribution in [3.05, 3.63) is 5.28 Å². The third kappa shape index (κ3) is 4.19. The molecule has 0 unspecified atom stereocenters. The number of hydrogen-bond donors (Lipinski definition) is 1. The maximum absolute atomic E-state index is 11.2. The van der Waals surface area contributed by atoms with Gasteiger partial charge >= 0.3 is 0 Å². The van der Waals surface area contributed by atoms with E-state index in [4.69, 9.17) is 16.3 Å². The van der Waals surface area contributed by atoms with E-state index < -0.39 is 9.84 Å². The van der Waals surface area contributed by atoms with Crippen LogP contribution in [0.5, 0.6) is 0 Å². The summed E-state index contributed by atoms with van der Waals surface area (Å²) in [4.78, 5) is 14.9. The average molecular weight is 378 g/mol. The molecular formula is C12H16ClN5O3S2. The first-order chi connectivity index (χ1) is 10.9. The van der Waals surface area contributed by atoms with Crippen LogP contribution < -0.4 is 10.2 Å². The first-order valence-electron chi connectivity index (χ1n) is 7.01. The van der Waals surface area contributed by atoms with Crippen LogP contribution in [0.1, 0.15) is 0 Å². The number of nitrogens with one attached hydrogen (secondary N) is 1. The van der Waals surface area contributed by atoms with Crippen LogP contribution >= 0.6 is 22.9 Å². The minimum atomic E-state index is -3.01. The minimum absolute atomic E-state index is 0.0473. The molecule has 0 spiro atoms. The Bertz CT molecular complexity index is 804. The van der Waals surface area contributed by atoms with Gasteiger partial charge in [0.05, 0.1) is 19.0 Å². The van der Waals surface area contributed by atoms with Gasteiger partial charge in [0.2, 0.25) is 5.28 Å². The summed E-state index contributed by atoms with van der Waals surface area (Å²) in [6.45, 7) is 3.05. The van der Waals surface area contributed by atoms with E-state index in [1.807, 2.05) is 0 Å². The predicted molar refractivity (Wildman–Crippen MR) is 91.5 cm³/mol. The second-order valence-electron chi connectivity index (χ2n) is 5.14. The van der Waals surface area contributed by atoms with Crippen molar-refractivity contribution in [1.82, 2.24) is 15.0 Å². The van der Waals surface area contributed by atoms with E-state index >= 15 is 0 Å². The molecule has 2 aromatic rings. The number of fused-ring (bicyclic) bond motifs is 1. The van der Waals surface area contributed by atoms with Gasteiger partial charge in [0, 0.05) is 25.9 Å². The lowest BCUT2D eigenvalue weighted by molar-refractivity contribution is 0.122. The second-order valence-corrected chi connectivity index (χ2v) is 8.74. The number of halogens is 1. The fourth-order valence-corrected chi connectivity index (χ4v) is 3.77. The van der Waals surface area contributed by atoms with Crippen molar-refractivity contribution < 1.29 is 13.2 Å². The number of anilines is 2. The molecule has 126 valence electrons. The number of ether oxygens (including phenoxy) is 1. The van der Waals surface area contributed by atoms with Crippen molar-refractivity contribution >= 4 is 54.1 Å². The fourth-order valence-electron chi connectivity index (χ4n) is 2.19. The van der Waals surface area contributed by atoms with Crippen molar-refractivity contribution in [3.8, 4) is 0 Å². The first kappa shape index (κ1) is 16.6. The van der Waals surface area contributed by atoms with Crippen LogP contribution in [0.15, 0.2) is 0 Å². The molecule has 0 aliphatic carbocycles. The summed E-state index contributed by atoms with van der Waals surface area (Å²) in [5.41, 5.74) is 0.512. The highest BCUT2D eigenvalue weighted by molar-refractivity contribution is 7.90. The van der Waals surface area contributed by atoms with Gasteiger partial charge in [0.15, 0.2) is 16.6 Å². The van der Waals surface area contributed by atoms with E-state index in [0.29, 0.717) is 30.5 Å². The minimum Gasteiger partial charge on any atom is -0.378 e. The lowest BCUT2D eigenvalue weighted by atomic mass is 10.4. The molecule has 2 aromatic heterocycles. The Morgan fingerprint density at radius 1 is 1.30 bits per heavy atom. The van der Waals surface area contributed by atoms with E-state index in [9.17, 15) is 8.42 Å². The van der Waals surface area contributed by atoms with Crippen molar-refractivity contribution in [2.45, 2.75) is 0 Å². The van der Waals surface area contributed by atoms with Crippen LogP contribution in [0.3, 0.4) is 0 Å². The van der Waals surface area contributed by atoms with Crippen LogP contribution in [-0.4, -0.2) is 68.2 Å². The van der Waals surface area contributed by atoms with Gasteiger partial charge in [-0.3, -0.25) is 0 Å². The van der Waals surface area contributed by atoms with Crippen molar-refractivity contribution in [3.63, 3.8) is 0 Å². The zero-order valence-corrected chi connectivity index (χ0v) is 14.8. The Balaban J connectivity index is 1.86. The van der Waals surface area contributed by atoms with E-state index in [0.717, 1.165) is 23.6 Å². The van der Waals surface area contributed by atoms with Gasteiger partial charge in [-0.25, -0.2) is 8.42 Å². The number of nitrogens with zero attached hydrogens (tertiary/aromatic N) is 4. The Kier molecular flexibility index (Phi) is 4.85. The Morgan fingerprint density at radius 3 is 2.74 bits per heavy atom. The Hall–Kier alpha value is -1.23. The van der Waals surface area contributed by atoms with Gasteiger partial charge in [-0.1, -0.05) is 11.3 Å². The number of thiazole rings is 1. The topological polar surface area (TPSA) is 97.3 Å². The van der Waals surface area contributed by atoms with E-state index in [1.165, 1.54) is 17.6 Å². The normalized spacial score (nSPS) is 16.0. The molecule has 1 aliphatic rings. The van der Waals surface area contributed by atoms with Crippen LogP contribution in [0.2, 0.25) is 5.28 Å². The molecule has 11 heteroatoms. The molecule has 0 bridgehead atoms. The molecule has 0 radical (unpaired) electrons. The van der Waals surface area contributed by atoms with Crippen LogP contribution in [0.25, 0.3) is 10.3 Å². The summed E-state index contributed by atoms with van der Waals surface area (Å²) in [7, 11) is -3.01. The maximum atomic E-state index is 11.2. The quantitative estimate of drug-likeness (QED) is 0.772. The molecule has 1 fully saturated rings. The molecule has 1 N–H and O–H groups in total. The molecule has 23 heavy (non-hydrogen) atoms. The zero-order chi connectivity index (χ0) is 16.4. The number of sulfone groups is 1. The summed E-state index contributed by atoms with van der Waals surface area (Å²) in [6, 6.07) is 0. The average Bonchev–Trinajstić information content (AvgIpc) is 2.88. The summed E-state index contributed by atoms with van der Waals surface area (Å²) in [5.74, 6) is 0.794. The van der Waals surface area contributed by atoms with Crippen molar-refractivity contribution in [1.29, 1.82) is 0 Å². The summed E-state index contributed by atoms with van der Waals surface area (Å²) in [6.07, 6.45) is 1.20. The summed E-state index contributed by atoms with van der Waals surface area (Å²) < 4.78 is 28.6. The van der Waals surface area contributed by atoms with Gasteiger partial charge in [-0.2, -0.15) is 15.0 Å². The SMILES string of the molecule is CS(=O)(=O)CCNc1nc2nc(Cl)nc(N3CCOCC3)c2s1. The highest BCUT2D eigenvalue weighted by atomic mass is 35.5. The molecular weight excluding hydrogens is 362 g/mol. The lowest BCUT2D eigenvalue weighted by Gasteiger charge is -2.27. The standard InChI is InChI=1S/C12H16ClN5O3S2/c1-23(19,20)7-2-14-12-16-9-8(22-12)10(17-11(13)15-9)18-3-5-21-6-4-18/h2-7H2,1H3,(H,14,15,16,17). The number of hydrogen-bond acceptors (Lipinski definition) is 9. The number of aromatic nitrogens is 3. The van der Waals surface area contributed by atoms with E-state index in [2.05, 4.69) is 25.2 Å². The lowest BCUT2D eigenvalue weighted by Crippen LogP contribution is -2.36. The van der Waals surface area contributed by atoms with E-state index in [1.54, 1.807) is 0 Å². The fraction of sp³-hybridized carbons (Fsp3) is 0.583. The number of rotatable bonds is 5. The highest BCUT2D eigenvalue weighted by Crippen LogP contribution is 2.33. The molecule has 1 saturated heterocycles. The Morgan fingerprint density at radius 2 is 2.04 bits per heavy atom. The van der Waals surface area contributed by atoms with Gasteiger partial charge in [-0.15, -0.1) is 0 Å². The molecule has 0 amide bonds. The molecule has 0 atom stereocenters. The molecule has 3 heterocycles. The van der Waals surface area contributed by atoms with Gasteiger partial charge in [0.25, 0.3) is 0 Å². The monoisotopic (exact) mass is 377 g/mol. The number of morpholine rings is 1. The predicted octanol–water partition coefficient (Wildman–Crippen LogP) is 1.03. The largest absolute Gasteiger partial charge is 0.378 e. The molecule has 8 nitrogen and oxygen atoms in total. The van der Waals surface area contributed by atoms with Crippen molar-refractivity contribution in [2.75, 3.05) is 55.1 Å². The van der Waals surface area contributed by atoms with Crippen LogP contribution in [0, 0.1) is 0 Å². The highest BCUT2D eigenvalue weighted by Gasteiger charge is 2.20. The molecule has 3 rings (SSSR count). The molecule has 0 aromatic carbocycles. The van der Waals surface area contributed by atoms with Gasteiger partial charge in [0.1, 0.15) is 14.5 Å². The van der Waals surface area contributed by atoms with Gasteiger partial charge < -0.3 is 15.0 Å². The second kappa shape index (κ2) is 6.71. The van der Waals surface area contributed by atoms with Gasteiger partial charge in [-0.05, 0) is 11.6 Å². The molecule has 0 saturated carbocycles. The zero-order valence-electron chi connectivity index (χ0n) is 12.5. The third-order valence-corrected chi connectivity index (χ3v) is 5.38. The van der Waals surface area contributed by atoms with E-state index in [-0.39, 0.29) is 11.0 Å². The first-order valence-corrected chi connectivity index (χ1v) is 10.3.